The summed E-state index contributed by atoms with van der Waals surface area (Å²) in [4.78, 5) is 9.09. The standard InChI is InChI=1S/C11H9Cl2N3S/c12-9-3-7(14)1-2-10(9)17-6-8-4-16-11(13)5-15-8/h1-5H,6,14H2. The van der Waals surface area contributed by atoms with Gasteiger partial charge in [0.1, 0.15) is 5.15 Å². The molecule has 1 aromatic heterocycles. The molecule has 0 atom stereocenters. The highest BCUT2D eigenvalue weighted by Gasteiger charge is 2.03. The van der Waals surface area contributed by atoms with Crippen LogP contribution < -0.4 is 5.73 Å². The SMILES string of the molecule is Nc1ccc(SCc2cnc(Cl)cn2)c(Cl)c1. The van der Waals surface area contributed by atoms with Crippen LogP contribution in [-0.2, 0) is 5.75 Å². The van der Waals surface area contributed by atoms with Crippen molar-refractivity contribution in [2.45, 2.75) is 10.6 Å². The maximum absolute atomic E-state index is 6.06. The van der Waals surface area contributed by atoms with Crippen LogP contribution in [-0.4, -0.2) is 9.97 Å². The van der Waals surface area contributed by atoms with Crippen molar-refractivity contribution in [3.05, 3.63) is 46.5 Å². The number of nitrogens with two attached hydrogens (primary N) is 1. The fraction of sp³-hybridized carbons (Fsp3) is 0.0909. The van der Waals surface area contributed by atoms with Gasteiger partial charge in [-0.25, -0.2) is 4.98 Å². The summed E-state index contributed by atoms with van der Waals surface area (Å²) < 4.78 is 0. The fourth-order valence-corrected chi connectivity index (χ4v) is 2.46. The van der Waals surface area contributed by atoms with E-state index in [0.717, 1.165) is 10.6 Å². The molecular weight excluding hydrogens is 277 g/mol. The zero-order valence-corrected chi connectivity index (χ0v) is 11.1. The summed E-state index contributed by atoms with van der Waals surface area (Å²) in [6.45, 7) is 0. The van der Waals surface area contributed by atoms with Gasteiger partial charge in [-0.3, -0.25) is 4.98 Å². The zero-order valence-electron chi connectivity index (χ0n) is 8.73. The van der Waals surface area contributed by atoms with Gasteiger partial charge in [0.05, 0.1) is 23.1 Å². The Hall–Kier alpha value is -0.970. The van der Waals surface area contributed by atoms with Crippen molar-refractivity contribution in [1.82, 2.24) is 9.97 Å². The van der Waals surface area contributed by atoms with Crippen molar-refractivity contribution in [3.63, 3.8) is 0 Å². The molecule has 2 N–H and O–H groups in total. The molecule has 6 heteroatoms. The molecule has 1 aromatic carbocycles. The molecule has 0 bridgehead atoms. The van der Waals surface area contributed by atoms with Crippen LogP contribution in [0.4, 0.5) is 5.69 Å². The average Bonchev–Trinajstić information content (AvgIpc) is 2.30. The maximum atomic E-state index is 6.06. The lowest BCUT2D eigenvalue weighted by atomic mass is 10.3. The quantitative estimate of drug-likeness (QED) is 0.691. The molecule has 3 nitrogen and oxygen atoms in total. The maximum Gasteiger partial charge on any atom is 0.147 e. The second kappa shape index (κ2) is 5.58. The Kier molecular flexibility index (Phi) is 4.10. The third-order valence-electron chi connectivity index (χ3n) is 2.01. The van der Waals surface area contributed by atoms with E-state index in [-0.39, 0.29) is 0 Å². The number of rotatable bonds is 3. The first-order chi connectivity index (χ1) is 8.15. The highest BCUT2D eigenvalue weighted by molar-refractivity contribution is 7.98. The Bertz CT molecular complexity index is 517. The predicted molar refractivity (Wildman–Crippen MR) is 72.5 cm³/mol. The van der Waals surface area contributed by atoms with Crippen LogP contribution in [0.25, 0.3) is 0 Å². The molecule has 0 saturated heterocycles. The first-order valence-corrected chi connectivity index (χ1v) is 6.53. The molecule has 0 saturated carbocycles. The van der Waals surface area contributed by atoms with Crippen LogP contribution in [0.2, 0.25) is 10.2 Å². The lowest BCUT2D eigenvalue weighted by Gasteiger charge is -2.04. The van der Waals surface area contributed by atoms with Crippen LogP contribution in [0.1, 0.15) is 5.69 Å². The normalized spacial score (nSPS) is 10.5. The fourth-order valence-electron chi connectivity index (χ4n) is 1.20. The van der Waals surface area contributed by atoms with E-state index in [1.807, 2.05) is 12.1 Å². The number of anilines is 1. The minimum atomic E-state index is 0.393. The second-order valence-corrected chi connectivity index (χ2v) is 5.12. The van der Waals surface area contributed by atoms with E-state index >= 15 is 0 Å². The lowest BCUT2D eigenvalue weighted by Crippen LogP contribution is -1.89. The van der Waals surface area contributed by atoms with E-state index in [1.54, 1.807) is 24.0 Å². The van der Waals surface area contributed by atoms with Crippen LogP contribution in [0.3, 0.4) is 0 Å². The molecule has 2 rings (SSSR count). The third kappa shape index (κ3) is 3.49. The molecule has 0 unspecified atom stereocenters. The van der Waals surface area contributed by atoms with Gasteiger partial charge in [-0.15, -0.1) is 11.8 Å². The third-order valence-corrected chi connectivity index (χ3v) is 3.73. The van der Waals surface area contributed by atoms with Gasteiger partial charge in [0.15, 0.2) is 0 Å². The average molecular weight is 286 g/mol. The number of halogens is 2. The number of hydrogen-bond acceptors (Lipinski definition) is 4. The number of nitrogen functional groups attached to an aromatic ring is 1. The van der Waals surface area contributed by atoms with Crippen molar-refractivity contribution < 1.29 is 0 Å². The molecule has 0 aliphatic rings. The molecule has 0 spiro atoms. The molecular formula is C11H9Cl2N3S. The first-order valence-electron chi connectivity index (χ1n) is 4.79. The highest BCUT2D eigenvalue weighted by atomic mass is 35.5. The van der Waals surface area contributed by atoms with E-state index in [4.69, 9.17) is 28.9 Å². The largest absolute Gasteiger partial charge is 0.399 e. The molecule has 88 valence electrons. The number of aromatic nitrogens is 2. The smallest absolute Gasteiger partial charge is 0.147 e. The van der Waals surface area contributed by atoms with Crippen molar-refractivity contribution >= 4 is 40.7 Å². The summed E-state index contributed by atoms with van der Waals surface area (Å²) in [5, 5.41) is 1.04. The van der Waals surface area contributed by atoms with E-state index in [2.05, 4.69) is 9.97 Å². The van der Waals surface area contributed by atoms with Crippen LogP contribution >= 0.6 is 35.0 Å². The van der Waals surface area contributed by atoms with E-state index in [0.29, 0.717) is 21.6 Å². The molecule has 0 radical (unpaired) electrons. The summed E-state index contributed by atoms with van der Waals surface area (Å²) in [5.41, 5.74) is 7.13. The Balaban J connectivity index is 2.04. The first kappa shape index (κ1) is 12.5. The summed E-state index contributed by atoms with van der Waals surface area (Å²) in [7, 11) is 0. The Morgan fingerprint density at radius 1 is 1.18 bits per heavy atom. The van der Waals surface area contributed by atoms with E-state index in [9.17, 15) is 0 Å². The van der Waals surface area contributed by atoms with Gasteiger partial charge in [-0.05, 0) is 18.2 Å². The summed E-state index contributed by atoms with van der Waals surface area (Å²) in [6.07, 6.45) is 3.18. The predicted octanol–water partition coefficient (Wildman–Crippen LogP) is 3.66. The number of nitrogens with zero attached hydrogens (tertiary/aromatic N) is 2. The van der Waals surface area contributed by atoms with Gasteiger partial charge in [0.2, 0.25) is 0 Å². The van der Waals surface area contributed by atoms with E-state index in [1.165, 1.54) is 6.20 Å². The van der Waals surface area contributed by atoms with Crippen molar-refractivity contribution in [2.24, 2.45) is 0 Å². The molecule has 2 aromatic rings. The van der Waals surface area contributed by atoms with E-state index < -0.39 is 0 Å². The Morgan fingerprint density at radius 3 is 2.65 bits per heavy atom. The van der Waals surface area contributed by atoms with Crippen LogP contribution in [0.5, 0.6) is 0 Å². The highest BCUT2D eigenvalue weighted by Crippen LogP contribution is 2.30. The van der Waals surface area contributed by atoms with Gasteiger partial charge in [-0.2, -0.15) is 0 Å². The molecule has 0 aliphatic heterocycles. The molecule has 17 heavy (non-hydrogen) atoms. The monoisotopic (exact) mass is 285 g/mol. The minimum absolute atomic E-state index is 0.393. The van der Waals surface area contributed by atoms with Crippen molar-refractivity contribution in [3.8, 4) is 0 Å². The van der Waals surface area contributed by atoms with Gasteiger partial charge in [0.25, 0.3) is 0 Å². The lowest BCUT2D eigenvalue weighted by molar-refractivity contribution is 1.10. The second-order valence-electron chi connectivity index (χ2n) is 3.31. The summed E-state index contributed by atoms with van der Waals surface area (Å²) >= 11 is 13.3. The van der Waals surface area contributed by atoms with Gasteiger partial charge in [-0.1, -0.05) is 23.2 Å². The van der Waals surface area contributed by atoms with Crippen LogP contribution in [0.15, 0.2) is 35.5 Å². The number of thioether (sulfide) groups is 1. The van der Waals surface area contributed by atoms with Crippen LogP contribution in [0, 0.1) is 0 Å². The van der Waals surface area contributed by atoms with Gasteiger partial charge >= 0.3 is 0 Å². The number of hydrogen-bond donors (Lipinski definition) is 1. The minimum Gasteiger partial charge on any atom is -0.399 e. The molecule has 0 fully saturated rings. The molecule has 0 amide bonds. The van der Waals surface area contributed by atoms with Gasteiger partial charge in [0, 0.05) is 16.3 Å². The topological polar surface area (TPSA) is 51.8 Å². The van der Waals surface area contributed by atoms with Crippen molar-refractivity contribution in [2.75, 3.05) is 5.73 Å². The zero-order chi connectivity index (χ0) is 12.3. The van der Waals surface area contributed by atoms with Crippen molar-refractivity contribution in [1.29, 1.82) is 0 Å². The summed E-state index contributed by atoms with van der Waals surface area (Å²) in [6, 6.07) is 5.45. The Labute approximate surface area is 113 Å². The Morgan fingerprint density at radius 2 is 2.00 bits per heavy atom. The number of benzene rings is 1. The van der Waals surface area contributed by atoms with Gasteiger partial charge < -0.3 is 5.73 Å². The summed E-state index contributed by atoms with van der Waals surface area (Å²) in [5.74, 6) is 0.688. The molecule has 0 aliphatic carbocycles. The molecule has 1 heterocycles.